The molecule has 1 saturated heterocycles. The highest BCUT2D eigenvalue weighted by molar-refractivity contribution is 6.36. The van der Waals surface area contributed by atoms with Crippen molar-refractivity contribution in [3.8, 4) is 11.1 Å². The molecule has 2 aromatic heterocycles. The molecule has 8 heteroatoms. The van der Waals surface area contributed by atoms with Crippen LogP contribution in [0.4, 0.5) is 5.82 Å². The number of piperazine rings is 1. The Hall–Kier alpha value is -2.28. The van der Waals surface area contributed by atoms with Crippen LogP contribution in [0.2, 0.25) is 10.0 Å². The zero-order chi connectivity index (χ0) is 18.3. The lowest BCUT2D eigenvalue weighted by molar-refractivity contribution is -0.120. The predicted molar refractivity (Wildman–Crippen MR) is 104 cm³/mol. The Bertz CT molecular complexity index is 1000. The van der Waals surface area contributed by atoms with Gasteiger partial charge in [-0.25, -0.2) is 4.98 Å². The van der Waals surface area contributed by atoms with E-state index in [9.17, 15) is 4.79 Å². The molecule has 3 N–H and O–H groups in total. The minimum Gasteiger partial charge on any atom is -0.353 e. The highest BCUT2D eigenvalue weighted by atomic mass is 35.5. The number of amides is 1. The molecule has 0 spiro atoms. The van der Waals surface area contributed by atoms with Crippen molar-refractivity contribution < 1.29 is 4.79 Å². The van der Waals surface area contributed by atoms with E-state index < -0.39 is 0 Å². The Labute approximate surface area is 160 Å². The maximum Gasteiger partial charge on any atom is 0.239 e. The first-order valence-corrected chi connectivity index (χ1v) is 8.99. The second kappa shape index (κ2) is 6.79. The molecule has 1 aliphatic heterocycles. The Morgan fingerprint density at radius 2 is 2.08 bits per heavy atom. The molecule has 6 nitrogen and oxygen atoms in total. The van der Waals surface area contributed by atoms with E-state index in [0.29, 0.717) is 29.7 Å². The summed E-state index contributed by atoms with van der Waals surface area (Å²) in [4.78, 5) is 18.2. The summed E-state index contributed by atoms with van der Waals surface area (Å²) in [5.74, 6) is 0.871. The van der Waals surface area contributed by atoms with Crippen LogP contribution >= 0.6 is 23.2 Å². The number of halogens is 2. The maximum atomic E-state index is 11.7. The number of rotatable bonds is 3. The molecule has 0 radical (unpaired) electrons. The van der Waals surface area contributed by atoms with E-state index in [0.717, 1.165) is 34.7 Å². The molecular weight excluding hydrogens is 373 g/mol. The first kappa shape index (κ1) is 17.1. The number of fused-ring (bicyclic) bond motifs is 1. The van der Waals surface area contributed by atoms with Crippen molar-refractivity contribution in [2.75, 3.05) is 24.5 Å². The number of benzene rings is 1. The maximum absolute atomic E-state index is 11.7. The number of anilines is 1. The van der Waals surface area contributed by atoms with E-state index >= 15 is 0 Å². The van der Waals surface area contributed by atoms with Crippen molar-refractivity contribution in [1.82, 2.24) is 14.7 Å². The number of hydrogen-bond acceptors (Lipinski definition) is 4. The highest BCUT2D eigenvalue weighted by Gasteiger charge is 2.20. The standard InChI is InChI=1S/C18H17Cl2N5O/c19-12-1-2-13(15(20)6-12)14-9-25-16(5-11(14)7-21)23-8-18(25)24-4-3-22-17(26)10-24/h1-2,5-6,8-9H,3-4,7,10,21H2,(H,22,26). The fourth-order valence-electron chi connectivity index (χ4n) is 3.24. The molecule has 1 aromatic carbocycles. The first-order valence-electron chi connectivity index (χ1n) is 8.24. The van der Waals surface area contributed by atoms with Crippen molar-refractivity contribution >= 4 is 40.6 Å². The van der Waals surface area contributed by atoms with Gasteiger partial charge >= 0.3 is 0 Å². The predicted octanol–water partition coefficient (Wildman–Crippen LogP) is 2.70. The summed E-state index contributed by atoms with van der Waals surface area (Å²) < 4.78 is 1.97. The van der Waals surface area contributed by atoms with Crippen LogP contribution < -0.4 is 16.0 Å². The van der Waals surface area contributed by atoms with Crippen LogP contribution in [0.5, 0.6) is 0 Å². The van der Waals surface area contributed by atoms with Gasteiger partial charge in [-0.05, 0) is 23.8 Å². The van der Waals surface area contributed by atoms with Crippen molar-refractivity contribution in [2.45, 2.75) is 6.54 Å². The van der Waals surface area contributed by atoms with E-state index in [1.165, 1.54) is 0 Å². The molecule has 0 unspecified atom stereocenters. The molecule has 4 rings (SSSR count). The summed E-state index contributed by atoms with van der Waals surface area (Å²) in [6, 6.07) is 7.35. The van der Waals surface area contributed by atoms with Crippen molar-refractivity contribution in [3.05, 3.63) is 52.3 Å². The van der Waals surface area contributed by atoms with Gasteiger partial charge < -0.3 is 16.0 Å². The third-order valence-electron chi connectivity index (χ3n) is 4.52. The van der Waals surface area contributed by atoms with E-state index in [4.69, 9.17) is 28.9 Å². The molecule has 26 heavy (non-hydrogen) atoms. The summed E-state index contributed by atoms with van der Waals surface area (Å²) in [6.07, 6.45) is 3.75. The summed E-state index contributed by atoms with van der Waals surface area (Å²) in [7, 11) is 0. The minimum absolute atomic E-state index is 0.00532. The second-order valence-corrected chi connectivity index (χ2v) is 7.00. The van der Waals surface area contributed by atoms with Gasteiger partial charge in [0.2, 0.25) is 5.91 Å². The third-order valence-corrected chi connectivity index (χ3v) is 5.06. The van der Waals surface area contributed by atoms with Gasteiger partial charge in [-0.1, -0.05) is 29.3 Å². The van der Waals surface area contributed by atoms with Crippen molar-refractivity contribution in [3.63, 3.8) is 0 Å². The molecule has 0 atom stereocenters. The molecule has 1 amide bonds. The number of imidazole rings is 1. The third kappa shape index (κ3) is 3.00. The summed E-state index contributed by atoms with van der Waals surface area (Å²) in [5, 5.41) is 3.97. The Morgan fingerprint density at radius 3 is 2.81 bits per heavy atom. The zero-order valence-corrected chi connectivity index (χ0v) is 15.4. The van der Waals surface area contributed by atoms with E-state index in [-0.39, 0.29) is 5.91 Å². The van der Waals surface area contributed by atoms with E-state index in [2.05, 4.69) is 10.3 Å². The molecule has 134 valence electrons. The number of carbonyl (C=O) groups excluding carboxylic acids is 1. The summed E-state index contributed by atoms with van der Waals surface area (Å²) >= 11 is 12.4. The largest absolute Gasteiger partial charge is 0.353 e. The number of nitrogens with one attached hydrogen (secondary N) is 1. The number of nitrogens with zero attached hydrogens (tertiary/aromatic N) is 3. The smallest absolute Gasteiger partial charge is 0.239 e. The van der Waals surface area contributed by atoms with Crippen LogP contribution in [0.25, 0.3) is 16.8 Å². The van der Waals surface area contributed by atoms with Gasteiger partial charge in [-0.15, -0.1) is 0 Å². The molecule has 0 aliphatic carbocycles. The van der Waals surface area contributed by atoms with Gasteiger partial charge in [0.05, 0.1) is 12.7 Å². The average Bonchev–Trinajstić information content (AvgIpc) is 3.03. The topological polar surface area (TPSA) is 75.7 Å². The van der Waals surface area contributed by atoms with Gasteiger partial charge in [0, 0.05) is 47.0 Å². The number of hydrogen-bond donors (Lipinski definition) is 2. The molecule has 0 saturated carbocycles. The van der Waals surface area contributed by atoms with Crippen LogP contribution in [-0.2, 0) is 11.3 Å². The van der Waals surface area contributed by atoms with Gasteiger partial charge in [-0.3, -0.25) is 9.20 Å². The highest BCUT2D eigenvalue weighted by Crippen LogP contribution is 2.34. The fourth-order valence-corrected chi connectivity index (χ4v) is 3.75. The molecule has 1 fully saturated rings. The number of carbonyl (C=O) groups is 1. The van der Waals surface area contributed by atoms with Gasteiger partial charge in [-0.2, -0.15) is 0 Å². The average molecular weight is 390 g/mol. The number of aromatic nitrogens is 2. The normalized spacial score (nSPS) is 14.7. The quantitative estimate of drug-likeness (QED) is 0.721. The zero-order valence-electron chi connectivity index (χ0n) is 13.9. The first-order chi connectivity index (χ1) is 12.6. The summed E-state index contributed by atoms with van der Waals surface area (Å²) in [5.41, 5.74) is 9.45. The molecule has 3 aromatic rings. The van der Waals surface area contributed by atoms with Gasteiger partial charge in [0.15, 0.2) is 0 Å². The lowest BCUT2D eigenvalue weighted by Crippen LogP contribution is -2.48. The van der Waals surface area contributed by atoms with Crippen molar-refractivity contribution in [2.24, 2.45) is 5.73 Å². The summed E-state index contributed by atoms with van der Waals surface area (Å²) in [6.45, 7) is 2.01. The Kier molecular flexibility index (Phi) is 4.48. The lowest BCUT2D eigenvalue weighted by Gasteiger charge is -2.27. The van der Waals surface area contributed by atoms with E-state index in [1.54, 1.807) is 18.3 Å². The Morgan fingerprint density at radius 1 is 1.23 bits per heavy atom. The van der Waals surface area contributed by atoms with Crippen LogP contribution in [-0.4, -0.2) is 34.9 Å². The second-order valence-electron chi connectivity index (χ2n) is 6.16. The molecule has 0 bridgehead atoms. The Balaban J connectivity index is 1.87. The number of pyridine rings is 1. The monoisotopic (exact) mass is 389 g/mol. The SMILES string of the molecule is NCc1cc2ncc(N3CCNC(=O)C3)n2cc1-c1ccc(Cl)cc1Cl. The number of nitrogens with two attached hydrogens (primary N) is 1. The lowest BCUT2D eigenvalue weighted by atomic mass is 10.0. The van der Waals surface area contributed by atoms with Crippen molar-refractivity contribution in [1.29, 1.82) is 0 Å². The van der Waals surface area contributed by atoms with Crippen LogP contribution in [0.1, 0.15) is 5.56 Å². The van der Waals surface area contributed by atoms with Gasteiger partial charge in [0.25, 0.3) is 0 Å². The van der Waals surface area contributed by atoms with Crippen LogP contribution in [0.3, 0.4) is 0 Å². The molecule has 3 heterocycles. The molecular formula is C18H17Cl2N5O. The minimum atomic E-state index is 0.00532. The fraction of sp³-hybridized carbons (Fsp3) is 0.222. The van der Waals surface area contributed by atoms with Gasteiger partial charge in [0.1, 0.15) is 11.5 Å². The van der Waals surface area contributed by atoms with E-state index in [1.807, 2.05) is 27.6 Å². The molecule has 1 aliphatic rings. The van der Waals surface area contributed by atoms with Crippen LogP contribution in [0.15, 0.2) is 36.7 Å². The van der Waals surface area contributed by atoms with Crippen LogP contribution in [0, 0.1) is 0 Å².